The van der Waals surface area contributed by atoms with Gasteiger partial charge in [-0.15, -0.1) is 11.3 Å². The zero-order chi connectivity index (χ0) is 14.7. The van der Waals surface area contributed by atoms with E-state index in [-0.39, 0.29) is 5.91 Å². The lowest BCUT2D eigenvalue weighted by Crippen LogP contribution is -2.47. The van der Waals surface area contributed by atoms with Gasteiger partial charge in [0, 0.05) is 44.0 Å². The zero-order valence-electron chi connectivity index (χ0n) is 13.0. The number of nitrogens with zero attached hydrogens (tertiary/aromatic N) is 2. The molecule has 4 heteroatoms. The molecule has 0 unspecified atom stereocenters. The van der Waals surface area contributed by atoms with Crippen molar-refractivity contribution in [1.29, 1.82) is 0 Å². The molecule has 2 fully saturated rings. The molecule has 3 nitrogen and oxygen atoms in total. The highest BCUT2D eigenvalue weighted by molar-refractivity contribution is 7.09. The summed E-state index contributed by atoms with van der Waals surface area (Å²) in [7, 11) is 0. The molecule has 1 aromatic heterocycles. The topological polar surface area (TPSA) is 23.6 Å². The Kier molecular flexibility index (Phi) is 4.96. The van der Waals surface area contributed by atoms with E-state index in [1.54, 1.807) is 6.92 Å². The number of piperidine rings is 1. The van der Waals surface area contributed by atoms with E-state index in [0.717, 1.165) is 44.9 Å². The average molecular weight is 306 g/mol. The number of likely N-dealkylation sites (tertiary alicyclic amines) is 1. The zero-order valence-corrected chi connectivity index (χ0v) is 13.8. The summed E-state index contributed by atoms with van der Waals surface area (Å²) in [5.41, 5.74) is 0. The number of hydrogen-bond acceptors (Lipinski definition) is 3. The van der Waals surface area contributed by atoms with Crippen LogP contribution in [0.5, 0.6) is 0 Å². The first kappa shape index (κ1) is 15.0. The molecule has 0 aromatic carbocycles. The van der Waals surface area contributed by atoms with E-state index in [0.29, 0.717) is 6.04 Å². The van der Waals surface area contributed by atoms with Gasteiger partial charge in [0.05, 0.1) is 0 Å². The van der Waals surface area contributed by atoms with E-state index in [1.165, 1.54) is 24.1 Å². The second-order valence-electron chi connectivity index (χ2n) is 6.52. The van der Waals surface area contributed by atoms with Crippen LogP contribution in [0.25, 0.3) is 0 Å². The van der Waals surface area contributed by atoms with Crippen molar-refractivity contribution in [3.05, 3.63) is 22.4 Å². The summed E-state index contributed by atoms with van der Waals surface area (Å²) in [5.74, 6) is 1.07. The standard InChI is InChI=1S/C17H26N2OS/c1-14(20)19(13-15-4-5-15)16-6-9-18(10-7-16)11-8-17-3-2-12-21-17/h2-3,12,15-16H,4-11,13H2,1H3. The summed E-state index contributed by atoms with van der Waals surface area (Å²) in [6.45, 7) is 6.20. The fourth-order valence-corrected chi connectivity index (χ4v) is 3.99. The number of rotatable bonds is 6. The summed E-state index contributed by atoms with van der Waals surface area (Å²) in [6.07, 6.45) is 6.11. The molecule has 0 spiro atoms. The molecule has 116 valence electrons. The van der Waals surface area contributed by atoms with Gasteiger partial charge in [0.15, 0.2) is 0 Å². The predicted octanol–water partition coefficient (Wildman–Crippen LogP) is 3.01. The lowest BCUT2D eigenvalue weighted by Gasteiger charge is -2.38. The van der Waals surface area contributed by atoms with Crippen molar-refractivity contribution in [3.8, 4) is 0 Å². The van der Waals surface area contributed by atoms with Gasteiger partial charge in [-0.25, -0.2) is 0 Å². The van der Waals surface area contributed by atoms with Gasteiger partial charge in [0.2, 0.25) is 5.91 Å². The number of thiophene rings is 1. The Morgan fingerprint density at radius 2 is 2.10 bits per heavy atom. The molecule has 1 saturated carbocycles. The van der Waals surface area contributed by atoms with E-state index >= 15 is 0 Å². The van der Waals surface area contributed by atoms with E-state index in [2.05, 4.69) is 27.3 Å². The van der Waals surface area contributed by atoms with Crippen LogP contribution in [-0.4, -0.2) is 47.9 Å². The summed E-state index contributed by atoms with van der Waals surface area (Å²) in [5, 5.41) is 2.16. The summed E-state index contributed by atoms with van der Waals surface area (Å²) < 4.78 is 0. The second-order valence-corrected chi connectivity index (χ2v) is 7.55. The Bertz CT molecular complexity index is 447. The molecule has 0 radical (unpaired) electrons. The largest absolute Gasteiger partial charge is 0.340 e. The average Bonchev–Trinajstić information content (AvgIpc) is 3.16. The predicted molar refractivity (Wildman–Crippen MR) is 87.6 cm³/mol. The van der Waals surface area contributed by atoms with Crippen LogP contribution < -0.4 is 0 Å². The Morgan fingerprint density at radius 1 is 1.33 bits per heavy atom. The minimum Gasteiger partial charge on any atom is -0.340 e. The third-order valence-corrected chi connectivity index (χ3v) is 5.74. The van der Waals surface area contributed by atoms with Gasteiger partial charge in [-0.05, 0) is 49.5 Å². The van der Waals surface area contributed by atoms with E-state index < -0.39 is 0 Å². The Balaban J connectivity index is 1.43. The van der Waals surface area contributed by atoms with Crippen molar-refractivity contribution in [1.82, 2.24) is 9.80 Å². The maximum atomic E-state index is 11.9. The van der Waals surface area contributed by atoms with Gasteiger partial charge < -0.3 is 9.80 Å². The van der Waals surface area contributed by atoms with Crippen LogP contribution >= 0.6 is 11.3 Å². The molecule has 21 heavy (non-hydrogen) atoms. The van der Waals surface area contributed by atoms with Crippen LogP contribution in [0.15, 0.2) is 17.5 Å². The molecular weight excluding hydrogens is 280 g/mol. The number of amides is 1. The van der Waals surface area contributed by atoms with Crippen LogP contribution in [0.3, 0.4) is 0 Å². The van der Waals surface area contributed by atoms with Crippen LogP contribution in [0.1, 0.15) is 37.5 Å². The van der Waals surface area contributed by atoms with Crippen molar-refractivity contribution in [3.63, 3.8) is 0 Å². The molecule has 0 atom stereocenters. The fraction of sp³-hybridized carbons (Fsp3) is 0.706. The molecule has 0 N–H and O–H groups in total. The highest BCUT2D eigenvalue weighted by Gasteiger charge is 2.31. The van der Waals surface area contributed by atoms with Crippen molar-refractivity contribution < 1.29 is 4.79 Å². The molecule has 1 saturated heterocycles. The maximum Gasteiger partial charge on any atom is 0.219 e. The second kappa shape index (κ2) is 6.93. The normalized spacial score (nSPS) is 20.6. The van der Waals surface area contributed by atoms with E-state index in [9.17, 15) is 4.79 Å². The summed E-state index contributed by atoms with van der Waals surface area (Å²) in [6, 6.07) is 4.85. The molecule has 1 aromatic rings. The number of hydrogen-bond donors (Lipinski definition) is 0. The number of carbonyl (C=O) groups is 1. The molecule has 1 aliphatic heterocycles. The summed E-state index contributed by atoms with van der Waals surface area (Å²) >= 11 is 1.86. The van der Waals surface area contributed by atoms with Gasteiger partial charge in [-0.3, -0.25) is 4.79 Å². The van der Waals surface area contributed by atoms with Gasteiger partial charge in [0.25, 0.3) is 0 Å². The van der Waals surface area contributed by atoms with Crippen molar-refractivity contribution in [2.45, 2.75) is 45.1 Å². The first-order valence-electron chi connectivity index (χ1n) is 8.24. The first-order chi connectivity index (χ1) is 10.2. The minimum absolute atomic E-state index is 0.277. The van der Waals surface area contributed by atoms with E-state index in [4.69, 9.17) is 0 Å². The Labute approximate surface area is 131 Å². The SMILES string of the molecule is CC(=O)N(CC1CC1)C1CCN(CCc2cccs2)CC1. The highest BCUT2D eigenvalue weighted by atomic mass is 32.1. The van der Waals surface area contributed by atoms with Crippen LogP contribution in [0.2, 0.25) is 0 Å². The lowest BCUT2D eigenvalue weighted by molar-refractivity contribution is -0.132. The molecular formula is C17H26N2OS. The highest BCUT2D eigenvalue weighted by Crippen LogP contribution is 2.31. The third kappa shape index (κ3) is 4.30. The lowest BCUT2D eigenvalue weighted by atomic mass is 10.0. The quantitative estimate of drug-likeness (QED) is 0.806. The Morgan fingerprint density at radius 3 is 2.67 bits per heavy atom. The van der Waals surface area contributed by atoms with Crippen LogP contribution in [0, 0.1) is 5.92 Å². The fourth-order valence-electron chi connectivity index (χ4n) is 3.29. The smallest absolute Gasteiger partial charge is 0.219 e. The molecule has 2 heterocycles. The van der Waals surface area contributed by atoms with Crippen LogP contribution in [0.4, 0.5) is 0 Å². The van der Waals surface area contributed by atoms with Gasteiger partial charge >= 0.3 is 0 Å². The van der Waals surface area contributed by atoms with E-state index in [1.807, 2.05) is 11.3 Å². The van der Waals surface area contributed by atoms with Crippen molar-refractivity contribution in [2.24, 2.45) is 5.92 Å². The summed E-state index contributed by atoms with van der Waals surface area (Å²) in [4.78, 5) is 18.1. The first-order valence-corrected chi connectivity index (χ1v) is 9.12. The molecule has 1 amide bonds. The molecule has 3 rings (SSSR count). The van der Waals surface area contributed by atoms with Gasteiger partial charge in [-0.2, -0.15) is 0 Å². The molecule has 2 aliphatic rings. The van der Waals surface area contributed by atoms with Crippen LogP contribution in [-0.2, 0) is 11.2 Å². The monoisotopic (exact) mass is 306 g/mol. The minimum atomic E-state index is 0.277. The molecule has 0 bridgehead atoms. The van der Waals surface area contributed by atoms with Crippen molar-refractivity contribution >= 4 is 17.2 Å². The third-order valence-electron chi connectivity index (χ3n) is 4.81. The maximum absolute atomic E-state index is 11.9. The number of carbonyl (C=O) groups excluding carboxylic acids is 1. The van der Waals surface area contributed by atoms with Crippen molar-refractivity contribution in [2.75, 3.05) is 26.2 Å². The van der Waals surface area contributed by atoms with Gasteiger partial charge in [-0.1, -0.05) is 6.07 Å². The van der Waals surface area contributed by atoms with Gasteiger partial charge in [0.1, 0.15) is 0 Å². The Hall–Kier alpha value is -0.870. The molecule has 1 aliphatic carbocycles.